The van der Waals surface area contributed by atoms with E-state index in [2.05, 4.69) is 0 Å². The normalized spacial score (nSPS) is 23.9. The fraction of sp³-hybridized carbons (Fsp3) is 0.364. The Kier molecular flexibility index (Phi) is 5.19. The van der Waals surface area contributed by atoms with Crippen LogP contribution in [0.1, 0.15) is 29.2 Å². The summed E-state index contributed by atoms with van der Waals surface area (Å²) in [5.74, 6) is 0.248. The van der Waals surface area contributed by atoms with Gasteiger partial charge in [-0.1, -0.05) is 47.5 Å². The van der Waals surface area contributed by atoms with Gasteiger partial charge in [-0.25, -0.2) is 0 Å². The number of piperidine rings is 1. The van der Waals surface area contributed by atoms with Gasteiger partial charge in [0.2, 0.25) is 5.91 Å². The lowest BCUT2D eigenvalue weighted by molar-refractivity contribution is -0.144. The molecule has 1 spiro atoms. The Morgan fingerprint density at radius 3 is 2.07 bits per heavy atom. The van der Waals surface area contributed by atoms with Gasteiger partial charge in [-0.2, -0.15) is 0 Å². The minimum atomic E-state index is -0.836. The number of thioether (sulfide) groups is 2. The van der Waals surface area contributed by atoms with Crippen LogP contribution in [0, 0.1) is 19.8 Å². The Balaban J connectivity index is 1.88. The van der Waals surface area contributed by atoms with Crippen molar-refractivity contribution in [2.24, 2.45) is 5.92 Å². The Hall–Kier alpha value is -1.92. The molecule has 2 saturated heterocycles. The fourth-order valence-electron chi connectivity index (χ4n) is 4.14. The highest BCUT2D eigenvalue weighted by molar-refractivity contribution is 8.21. The van der Waals surface area contributed by atoms with Crippen LogP contribution in [0.15, 0.2) is 48.5 Å². The number of carboxylic acids is 1. The van der Waals surface area contributed by atoms with E-state index >= 15 is 0 Å². The maximum atomic E-state index is 13.4. The topological polar surface area (TPSA) is 57.6 Å². The third kappa shape index (κ3) is 3.33. The first-order chi connectivity index (χ1) is 13.4. The van der Waals surface area contributed by atoms with Gasteiger partial charge in [-0.3, -0.25) is 9.59 Å². The van der Waals surface area contributed by atoms with Gasteiger partial charge in [0.25, 0.3) is 0 Å². The van der Waals surface area contributed by atoms with E-state index in [-0.39, 0.29) is 12.3 Å². The molecular weight excluding hydrogens is 390 g/mol. The van der Waals surface area contributed by atoms with Crippen LogP contribution >= 0.6 is 23.5 Å². The average Bonchev–Trinajstić information content (AvgIpc) is 3.11. The molecule has 0 saturated carbocycles. The maximum Gasteiger partial charge on any atom is 0.311 e. The summed E-state index contributed by atoms with van der Waals surface area (Å²) in [7, 11) is 0. The molecule has 2 aromatic rings. The van der Waals surface area contributed by atoms with Crippen molar-refractivity contribution in [2.75, 3.05) is 16.4 Å². The third-order valence-electron chi connectivity index (χ3n) is 5.51. The molecule has 146 valence electrons. The Morgan fingerprint density at radius 1 is 1.00 bits per heavy atom. The molecule has 2 heterocycles. The van der Waals surface area contributed by atoms with E-state index < -0.39 is 22.0 Å². The zero-order valence-electron chi connectivity index (χ0n) is 15.9. The van der Waals surface area contributed by atoms with Gasteiger partial charge < -0.3 is 10.0 Å². The largest absolute Gasteiger partial charge is 0.481 e. The zero-order chi connectivity index (χ0) is 19.9. The molecular formula is C22H23NO3S2. The predicted molar refractivity (Wildman–Crippen MR) is 116 cm³/mol. The summed E-state index contributed by atoms with van der Waals surface area (Å²) in [5, 5.41) is 10.3. The van der Waals surface area contributed by atoms with Gasteiger partial charge in [-0.15, -0.1) is 23.5 Å². The smallest absolute Gasteiger partial charge is 0.311 e. The van der Waals surface area contributed by atoms with Crippen LogP contribution in [0.25, 0.3) is 0 Å². The van der Waals surface area contributed by atoms with Crippen LogP contribution in [-0.4, -0.2) is 32.6 Å². The number of aryl methyl sites for hydroxylation is 2. The molecule has 2 fully saturated rings. The quantitative estimate of drug-likeness (QED) is 0.793. The molecule has 2 aliphatic rings. The minimum Gasteiger partial charge on any atom is -0.481 e. The molecule has 2 aliphatic heterocycles. The second-order valence-electron chi connectivity index (χ2n) is 7.46. The number of amides is 1. The van der Waals surface area contributed by atoms with Crippen LogP contribution in [0.2, 0.25) is 0 Å². The van der Waals surface area contributed by atoms with Crippen molar-refractivity contribution >= 4 is 41.1 Å². The Bertz CT molecular complexity index is 889. The van der Waals surface area contributed by atoms with E-state index in [4.69, 9.17) is 0 Å². The van der Waals surface area contributed by atoms with Crippen molar-refractivity contribution in [1.29, 1.82) is 0 Å². The summed E-state index contributed by atoms with van der Waals surface area (Å²) in [6.45, 7) is 4.01. The predicted octanol–water partition coefficient (Wildman–Crippen LogP) is 4.66. The van der Waals surface area contributed by atoms with Crippen molar-refractivity contribution in [3.63, 3.8) is 0 Å². The highest BCUT2D eigenvalue weighted by atomic mass is 32.2. The summed E-state index contributed by atoms with van der Waals surface area (Å²) in [6, 6.07) is 15.1. The number of aliphatic carboxylic acids is 1. The van der Waals surface area contributed by atoms with Gasteiger partial charge in [0, 0.05) is 17.2 Å². The minimum absolute atomic E-state index is 0.00571. The number of nitrogens with zero attached hydrogens (tertiary/aromatic N) is 1. The summed E-state index contributed by atoms with van der Waals surface area (Å²) in [4.78, 5) is 27.6. The highest BCUT2D eigenvalue weighted by Gasteiger charge is 2.58. The van der Waals surface area contributed by atoms with E-state index in [1.165, 1.54) is 0 Å². The van der Waals surface area contributed by atoms with Crippen molar-refractivity contribution in [3.05, 3.63) is 65.2 Å². The SMILES string of the molecule is Cc1ccc([C@H]2[C@H](C(=O)O)C3(CC(=O)N2c2ccc(C)cc2)SCCS3)cc1. The lowest BCUT2D eigenvalue weighted by atomic mass is 9.82. The van der Waals surface area contributed by atoms with Crippen LogP contribution in [0.3, 0.4) is 0 Å². The fourth-order valence-corrected chi connectivity index (χ4v) is 7.60. The lowest BCUT2D eigenvalue weighted by Crippen LogP contribution is -2.55. The molecule has 0 unspecified atom stereocenters. The molecule has 1 N–H and O–H groups in total. The van der Waals surface area contributed by atoms with E-state index in [1.54, 1.807) is 28.4 Å². The van der Waals surface area contributed by atoms with Gasteiger partial charge in [-0.05, 0) is 31.5 Å². The van der Waals surface area contributed by atoms with Crippen molar-refractivity contribution in [1.82, 2.24) is 0 Å². The standard InChI is InChI=1S/C22H23NO3S2/c1-14-3-7-16(8-4-14)20-19(21(25)26)22(27-11-12-28-22)13-18(24)23(20)17-9-5-15(2)6-10-17/h3-10,19-20H,11-13H2,1-2H3,(H,25,26)/t19-,20+/m1/s1. The second kappa shape index (κ2) is 7.48. The summed E-state index contributed by atoms with van der Waals surface area (Å²) in [5.41, 5.74) is 3.85. The number of carbonyl (C=O) groups is 2. The molecule has 6 heteroatoms. The van der Waals surface area contributed by atoms with E-state index in [0.717, 1.165) is 33.9 Å². The second-order valence-corrected chi connectivity index (χ2v) is 10.6. The first-order valence-corrected chi connectivity index (χ1v) is 11.3. The summed E-state index contributed by atoms with van der Waals surface area (Å²) in [6.07, 6.45) is 0.246. The number of benzene rings is 2. The van der Waals surface area contributed by atoms with Crippen molar-refractivity contribution in [2.45, 2.75) is 30.4 Å². The Morgan fingerprint density at radius 2 is 1.54 bits per heavy atom. The maximum absolute atomic E-state index is 13.4. The highest BCUT2D eigenvalue weighted by Crippen LogP contribution is 2.59. The molecule has 2 aromatic carbocycles. The van der Waals surface area contributed by atoms with Crippen LogP contribution in [0.5, 0.6) is 0 Å². The molecule has 0 radical (unpaired) electrons. The number of hydrogen-bond donors (Lipinski definition) is 1. The van der Waals surface area contributed by atoms with Gasteiger partial charge in [0.15, 0.2) is 0 Å². The molecule has 1 amide bonds. The van der Waals surface area contributed by atoms with Gasteiger partial charge in [0.1, 0.15) is 5.92 Å². The number of carbonyl (C=O) groups excluding carboxylic acids is 1. The van der Waals surface area contributed by atoms with Gasteiger partial charge >= 0.3 is 5.97 Å². The molecule has 28 heavy (non-hydrogen) atoms. The molecule has 0 aromatic heterocycles. The first-order valence-electron chi connectivity index (χ1n) is 9.37. The summed E-state index contributed by atoms with van der Waals surface area (Å²) < 4.78 is -0.598. The van der Waals surface area contributed by atoms with Crippen molar-refractivity contribution in [3.8, 4) is 0 Å². The van der Waals surface area contributed by atoms with Gasteiger partial charge in [0.05, 0.1) is 16.5 Å². The number of carboxylic acid groups (broad SMARTS) is 1. The Labute approximate surface area is 173 Å². The average molecular weight is 414 g/mol. The van der Waals surface area contributed by atoms with Crippen LogP contribution < -0.4 is 4.90 Å². The third-order valence-corrected chi connectivity index (χ3v) is 9.06. The number of rotatable bonds is 3. The number of hydrogen-bond acceptors (Lipinski definition) is 4. The van der Waals surface area contributed by atoms with E-state index in [0.29, 0.717) is 0 Å². The monoisotopic (exact) mass is 413 g/mol. The van der Waals surface area contributed by atoms with E-state index in [1.807, 2.05) is 62.4 Å². The summed E-state index contributed by atoms with van der Waals surface area (Å²) >= 11 is 3.28. The zero-order valence-corrected chi connectivity index (χ0v) is 17.6. The van der Waals surface area contributed by atoms with Crippen molar-refractivity contribution < 1.29 is 14.7 Å². The molecule has 0 aliphatic carbocycles. The molecule has 2 atom stereocenters. The van der Waals surface area contributed by atoms with Crippen LogP contribution in [-0.2, 0) is 9.59 Å². The number of anilines is 1. The first kappa shape index (κ1) is 19.4. The molecule has 0 bridgehead atoms. The molecule has 4 rings (SSSR count). The lowest BCUT2D eigenvalue weighted by Gasteiger charge is -2.48. The van der Waals surface area contributed by atoms with Crippen LogP contribution in [0.4, 0.5) is 5.69 Å². The van der Waals surface area contributed by atoms with E-state index in [9.17, 15) is 14.7 Å². The molecule has 4 nitrogen and oxygen atoms in total.